The van der Waals surface area contributed by atoms with Gasteiger partial charge in [-0.2, -0.15) is 0 Å². The van der Waals surface area contributed by atoms with E-state index in [1.165, 1.54) is 38.6 Å². The first kappa shape index (κ1) is 22.2. The van der Waals surface area contributed by atoms with Crippen molar-refractivity contribution in [3.63, 3.8) is 0 Å². The maximum atomic E-state index is 5.09. The summed E-state index contributed by atoms with van der Waals surface area (Å²) in [4.78, 5) is 5.09. The highest BCUT2D eigenvalue weighted by atomic mass is 15.2. The van der Waals surface area contributed by atoms with Crippen molar-refractivity contribution in [3.05, 3.63) is 146 Å². The zero-order chi connectivity index (χ0) is 26.9. The van der Waals surface area contributed by atoms with Gasteiger partial charge in [0, 0.05) is 22.0 Å². The van der Waals surface area contributed by atoms with Crippen LogP contribution in [-0.4, -0.2) is 18.5 Å². The molecule has 0 spiro atoms. The third-order valence-corrected chi connectivity index (χ3v) is 8.25. The van der Waals surface area contributed by atoms with Crippen LogP contribution in [-0.2, 0) is 0 Å². The van der Waals surface area contributed by atoms with Gasteiger partial charge in [0.1, 0.15) is 0 Å². The zero-order valence-corrected chi connectivity index (χ0v) is 22.1. The van der Waals surface area contributed by atoms with Gasteiger partial charge in [-0.1, -0.05) is 91.0 Å². The average Bonchev–Trinajstić information content (AvgIpc) is 3.68. The molecular formula is C37H24N4. The van der Waals surface area contributed by atoms with E-state index in [2.05, 4.69) is 159 Å². The largest absolute Gasteiger partial charge is 0.309 e. The van der Waals surface area contributed by atoms with E-state index < -0.39 is 0 Å². The number of hydrogen-bond donors (Lipinski definition) is 0. The van der Waals surface area contributed by atoms with E-state index in [1.807, 2.05) is 0 Å². The van der Waals surface area contributed by atoms with Crippen LogP contribution in [0, 0.1) is 0 Å². The van der Waals surface area contributed by atoms with Gasteiger partial charge in [-0.25, -0.2) is 4.98 Å². The molecule has 0 aliphatic carbocycles. The van der Waals surface area contributed by atoms with Crippen LogP contribution in [0.2, 0.25) is 0 Å². The van der Waals surface area contributed by atoms with Crippen LogP contribution < -0.4 is 0 Å². The lowest BCUT2D eigenvalue weighted by Gasteiger charge is -2.14. The molecule has 6 aromatic carbocycles. The Hall–Kier alpha value is -5.61. The second kappa shape index (κ2) is 8.44. The summed E-state index contributed by atoms with van der Waals surface area (Å²) < 4.78 is 6.97. The normalized spacial score (nSPS) is 11.9. The van der Waals surface area contributed by atoms with Crippen LogP contribution in [0.1, 0.15) is 0 Å². The lowest BCUT2D eigenvalue weighted by molar-refractivity contribution is 1.11. The van der Waals surface area contributed by atoms with Crippen molar-refractivity contribution in [1.82, 2.24) is 18.5 Å². The molecule has 0 saturated heterocycles. The van der Waals surface area contributed by atoms with Crippen molar-refractivity contribution in [2.75, 3.05) is 0 Å². The highest BCUT2D eigenvalue weighted by Gasteiger charge is 2.19. The quantitative estimate of drug-likeness (QED) is 0.226. The Morgan fingerprint density at radius 3 is 1.98 bits per heavy atom. The van der Waals surface area contributed by atoms with Crippen molar-refractivity contribution in [3.8, 4) is 22.5 Å². The number of para-hydroxylation sites is 6. The molecule has 0 bridgehead atoms. The fraction of sp³-hybridized carbons (Fsp3) is 0. The summed E-state index contributed by atoms with van der Waals surface area (Å²) in [6.07, 6.45) is 0. The molecule has 4 heteroatoms. The molecule has 0 N–H and O–H groups in total. The van der Waals surface area contributed by atoms with Crippen LogP contribution in [0.25, 0.3) is 72.2 Å². The van der Waals surface area contributed by atoms with Crippen molar-refractivity contribution in [1.29, 1.82) is 0 Å². The summed E-state index contributed by atoms with van der Waals surface area (Å²) in [7, 11) is 0. The van der Waals surface area contributed by atoms with Gasteiger partial charge in [0.15, 0.2) is 0 Å². The van der Waals surface area contributed by atoms with E-state index in [1.54, 1.807) is 0 Å². The summed E-state index contributed by atoms with van der Waals surface area (Å²) in [5.74, 6) is 0.921. The van der Waals surface area contributed by atoms with Crippen molar-refractivity contribution < 1.29 is 0 Å². The molecule has 0 unspecified atom stereocenters. The van der Waals surface area contributed by atoms with E-state index >= 15 is 0 Å². The minimum absolute atomic E-state index is 0.921. The molecule has 0 atom stereocenters. The summed E-state index contributed by atoms with van der Waals surface area (Å²) in [5, 5.41) is 2.45. The van der Waals surface area contributed by atoms with Gasteiger partial charge in [-0.3, -0.25) is 8.97 Å². The second-order valence-electron chi connectivity index (χ2n) is 10.5. The summed E-state index contributed by atoms with van der Waals surface area (Å²) >= 11 is 0. The molecule has 9 rings (SSSR count). The molecule has 41 heavy (non-hydrogen) atoms. The number of fused-ring (bicyclic) bond motifs is 8. The monoisotopic (exact) mass is 524 g/mol. The van der Waals surface area contributed by atoms with Gasteiger partial charge < -0.3 is 4.57 Å². The molecule has 0 aliphatic rings. The van der Waals surface area contributed by atoms with Crippen molar-refractivity contribution in [2.24, 2.45) is 0 Å². The highest BCUT2D eigenvalue weighted by molar-refractivity contribution is 6.10. The Bertz CT molecular complexity index is 2420. The SMILES string of the molecule is c1ccc(-c2ccccc2-n2c3ccccc3c3cc(-n4c5ccccc5n5c6ccccc6nc45)ccc32)cc1. The lowest BCUT2D eigenvalue weighted by atomic mass is 10.0. The van der Waals surface area contributed by atoms with E-state index in [4.69, 9.17) is 4.98 Å². The Balaban J connectivity index is 1.36. The highest BCUT2D eigenvalue weighted by Crippen LogP contribution is 2.38. The number of hydrogen-bond acceptors (Lipinski definition) is 1. The Kier molecular flexibility index (Phi) is 4.58. The van der Waals surface area contributed by atoms with Crippen molar-refractivity contribution >= 4 is 49.7 Å². The van der Waals surface area contributed by atoms with Gasteiger partial charge >= 0.3 is 0 Å². The number of nitrogens with zero attached hydrogens (tertiary/aromatic N) is 4. The van der Waals surface area contributed by atoms with E-state index in [9.17, 15) is 0 Å². The predicted molar refractivity (Wildman–Crippen MR) is 169 cm³/mol. The topological polar surface area (TPSA) is 27.2 Å². The summed E-state index contributed by atoms with van der Waals surface area (Å²) in [6, 6.07) is 51.8. The number of imidazole rings is 2. The maximum Gasteiger partial charge on any atom is 0.220 e. The van der Waals surface area contributed by atoms with Gasteiger partial charge in [-0.05, 0) is 60.2 Å². The molecule has 3 heterocycles. The molecule has 3 aromatic heterocycles. The molecule has 9 aromatic rings. The van der Waals surface area contributed by atoms with Crippen LogP contribution >= 0.6 is 0 Å². The molecular weight excluding hydrogens is 500 g/mol. The first-order valence-corrected chi connectivity index (χ1v) is 13.9. The van der Waals surface area contributed by atoms with Gasteiger partial charge in [0.2, 0.25) is 5.78 Å². The molecule has 0 amide bonds. The molecule has 0 saturated carbocycles. The average molecular weight is 525 g/mol. The Morgan fingerprint density at radius 2 is 1.10 bits per heavy atom. The Morgan fingerprint density at radius 1 is 0.439 bits per heavy atom. The molecule has 4 nitrogen and oxygen atoms in total. The van der Waals surface area contributed by atoms with Gasteiger partial charge in [0.25, 0.3) is 0 Å². The van der Waals surface area contributed by atoms with E-state index in [0.717, 1.165) is 33.5 Å². The minimum atomic E-state index is 0.921. The third kappa shape index (κ3) is 3.13. The first-order valence-electron chi connectivity index (χ1n) is 13.9. The van der Waals surface area contributed by atoms with Gasteiger partial charge in [0.05, 0.1) is 38.8 Å². The lowest BCUT2D eigenvalue weighted by Crippen LogP contribution is -1.98. The summed E-state index contributed by atoms with van der Waals surface area (Å²) in [6.45, 7) is 0. The molecule has 0 fully saturated rings. The van der Waals surface area contributed by atoms with Crippen molar-refractivity contribution in [2.45, 2.75) is 0 Å². The van der Waals surface area contributed by atoms with Crippen LogP contribution in [0.3, 0.4) is 0 Å². The molecule has 192 valence electrons. The molecule has 0 radical (unpaired) electrons. The van der Waals surface area contributed by atoms with Crippen LogP contribution in [0.15, 0.2) is 146 Å². The van der Waals surface area contributed by atoms with E-state index in [-0.39, 0.29) is 0 Å². The second-order valence-corrected chi connectivity index (χ2v) is 10.5. The third-order valence-electron chi connectivity index (χ3n) is 8.25. The minimum Gasteiger partial charge on any atom is -0.309 e. The fourth-order valence-corrected chi connectivity index (χ4v) is 6.50. The Labute approximate surface area is 236 Å². The predicted octanol–water partition coefficient (Wildman–Crippen LogP) is 9.20. The smallest absolute Gasteiger partial charge is 0.220 e. The molecule has 0 aliphatic heterocycles. The van der Waals surface area contributed by atoms with E-state index in [0.29, 0.717) is 0 Å². The van der Waals surface area contributed by atoms with Crippen LogP contribution in [0.5, 0.6) is 0 Å². The number of aromatic nitrogens is 4. The fourth-order valence-electron chi connectivity index (χ4n) is 6.50. The number of benzene rings is 6. The number of rotatable bonds is 3. The van der Waals surface area contributed by atoms with Gasteiger partial charge in [-0.15, -0.1) is 0 Å². The summed E-state index contributed by atoms with van der Waals surface area (Å²) in [5.41, 5.74) is 11.5. The standard InChI is InChI=1S/C37H24N4/c1-2-12-25(13-3-1)27-14-4-7-17-31(27)40-32-18-8-5-15-28(32)29-24-26(22-23-33(29)40)39-35-20-10-11-21-36(35)41-34-19-9-6-16-30(34)38-37(39)41/h1-24H. The first-order chi connectivity index (χ1) is 20.4. The van der Waals surface area contributed by atoms with Crippen LogP contribution in [0.4, 0.5) is 0 Å². The zero-order valence-electron chi connectivity index (χ0n) is 22.1. The maximum absolute atomic E-state index is 5.09.